The zero-order valence-corrected chi connectivity index (χ0v) is 10.8. The van der Waals surface area contributed by atoms with Crippen LogP contribution in [0.2, 0.25) is 0 Å². The summed E-state index contributed by atoms with van der Waals surface area (Å²) >= 11 is 0. The van der Waals surface area contributed by atoms with Crippen molar-refractivity contribution in [2.75, 3.05) is 13.2 Å². The second-order valence-corrected chi connectivity index (χ2v) is 4.64. The van der Waals surface area contributed by atoms with E-state index in [1.807, 2.05) is 6.92 Å². The van der Waals surface area contributed by atoms with Crippen molar-refractivity contribution in [3.05, 3.63) is 12.2 Å². The van der Waals surface area contributed by atoms with E-state index in [1.54, 1.807) is 0 Å². The summed E-state index contributed by atoms with van der Waals surface area (Å²) in [5, 5.41) is 3.41. The third-order valence-corrected chi connectivity index (χ3v) is 2.27. The van der Waals surface area contributed by atoms with Gasteiger partial charge in [0, 0.05) is 6.04 Å². The van der Waals surface area contributed by atoms with Crippen molar-refractivity contribution in [3.8, 4) is 0 Å². The molecule has 0 aliphatic heterocycles. The summed E-state index contributed by atoms with van der Waals surface area (Å²) in [6.45, 7) is 14.3. The Morgan fingerprint density at radius 1 is 1.33 bits per heavy atom. The summed E-state index contributed by atoms with van der Waals surface area (Å²) in [5.41, 5.74) is 1.20. The maximum atomic E-state index is 5.67. The second kappa shape index (κ2) is 8.93. The molecule has 0 aromatic carbocycles. The number of nitrogens with one attached hydrogen (secondary N) is 1. The van der Waals surface area contributed by atoms with Crippen molar-refractivity contribution in [1.82, 2.24) is 5.32 Å². The Morgan fingerprint density at radius 2 is 2.00 bits per heavy atom. The van der Waals surface area contributed by atoms with Gasteiger partial charge in [0.1, 0.15) is 0 Å². The van der Waals surface area contributed by atoms with Crippen molar-refractivity contribution in [2.45, 2.75) is 59.1 Å². The summed E-state index contributed by atoms with van der Waals surface area (Å²) in [4.78, 5) is 0. The van der Waals surface area contributed by atoms with E-state index in [0.29, 0.717) is 12.1 Å². The lowest BCUT2D eigenvalue weighted by Crippen LogP contribution is -2.24. The Bertz CT molecular complexity index is 166. The number of rotatable bonds is 9. The molecule has 0 spiro atoms. The van der Waals surface area contributed by atoms with Crippen LogP contribution in [-0.2, 0) is 4.74 Å². The minimum absolute atomic E-state index is 0.373. The smallest absolute Gasteiger partial charge is 0.0547 e. The van der Waals surface area contributed by atoms with Crippen LogP contribution in [0.1, 0.15) is 47.0 Å². The molecule has 0 heterocycles. The summed E-state index contributed by atoms with van der Waals surface area (Å²) in [7, 11) is 0. The number of hydrogen-bond acceptors (Lipinski definition) is 2. The van der Waals surface area contributed by atoms with Gasteiger partial charge in [-0.3, -0.25) is 0 Å². The predicted molar refractivity (Wildman–Crippen MR) is 67.2 cm³/mol. The molecule has 1 unspecified atom stereocenters. The second-order valence-electron chi connectivity index (χ2n) is 4.64. The summed E-state index contributed by atoms with van der Waals surface area (Å²) in [6, 6.07) is 0.588. The van der Waals surface area contributed by atoms with E-state index < -0.39 is 0 Å². The van der Waals surface area contributed by atoms with Crippen molar-refractivity contribution in [2.24, 2.45) is 0 Å². The first-order valence-corrected chi connectivity index (χ1v) is 6.01. The lowest BCUT2D eigenvalue weighted by molar-refractivity contribution is 0.0611. The van der Waals surface area contributed by atoms with Gasteiger partial charge in [0.15, 0.2) is 0 Å². The standard InChI is InChI=1S/C13H27NO/c1-11(2)8-10-15-13(5)7-6-9-14-12(3)4/h12-14H,1,6-10H2,2-5H3. The lowest BCUT2D eigenvalue weighted by atomic mass is 10.2. The summed E-state index contributed by atoms with van der Waals surface area (Å²) in [5.74, 6) is 0. The molecular weight excluding hydrogens is 186 g/mol. The normalized spacial score (nSPS) is 13.1. The Morgan fingerprint density at radius 3 is 2.53 bits per heavy atom. The largest absolute Gasteiger partial charge is 0.378 e. The van der Waals surface area contributed by atoms with E-state index in [0.717, 1.165) is 26.0 Å². The lowest BCUT2D eigenvalue weighted by Gasteiger charge is -2.14. The zero-order valence-electron chi connectivity index (χ0n) is 10.8. The van der Waals surface area contributed by atoms with Crippen LogP contribution in [0.25, 0.3) is 0 Å². The minimum atomic E-state index is 0.373. The van der Waals surface area contributed by atoms with Crippen LogP contribution in [0.3, 0.4) is 0 Å². The molecule has 15 heavy (non-hydrogen) atoms. The molecule has 0 rings (SSSR count). The number of hydrogen-bond donors (Lipinski definition) is 1. The average molecular weight is 213 g/mol. The van der Waals surface area contributed by atoms with Gasteiger partial charge in [-0.1, -0.05) is 19.4 Å². The Balaban J connectivity index is 3.25. The Labute approximate surface area is 95.1 Å². The predicted octanol–water partition coefficient (Wildman–Crippen LogP) is 3.14. The van der Waals surface area contributed by atoms with Crippen LogP contribution >= 0.6 is 0 Å². The minimum Gasteiger partial charge on any atom is -0.378 e. The summed E-state index contributed by atoms with van der Waals surface area (Å²) < 4.78 is 5.67. The molecule has 1 atom stereocenters. The quantitative estimate of drug-likeness (QED) is 0.469. The highest BCUT2D eigenvalue weighted by atomic mass is 16.5. The van der Waals surface area contributed by atoms with E-state index >= 15 is 0 Å². The van der Waals surface area contributed by atoms with E-state index in [4.69, 9.17) is 4.74 Å². The van der Waals surface area contributed by atoms with Gasteiger partial charge in [-0.15, -0.1) is 6.58 Å². The van der Waals surface area contributed by atoms with Gasteiger partial charge in [0.05, 0.1) is 12.7 Å². The van der Waals surface area contributed by atoms with Crippen LogP contribution in [-0.4, -0.2) is 25.3 Å². The summed E-state index contributed by atoms with van der Waals surface area (Å²) in [6.07, 6.45) is 3.68. The van der Waals surface area contributed by atoms with Gasteiger partial charge in [-0.2, -0.15) is 0 Å². The van der Waals surface area contributed by atoms with E-state index in [1.165, 1.54) is 12.0 Å². The van der Waals surface area contributed by atoms with Crippen molar-refractivity contribution in [1.29, 1.82) is 0 Å². The fourth-order valence-corrected chi connectivity index (χ4v) is 1.30. The van der Waals surface area contributed by atoms with E-state index in [-0.39, 0.29) is 0 Å². The molecule has 90 valence electrons. The number of ether oxygens (including phenoxy) is 1. The highest BCUT2D eigenvalue weighted by molar-refractivity contribution is 4.87. The monoisotopic (exact) mass is 213 g/mol. The SMILES string of the molecule is C=C(C)CCOC(C)CCCNC(C)C. The molecule has 0 aliphatic rings. The molecule has 2 heteroatoms. The maximum absolute atomic E-state index is 5.67. The van der Waals surface area contributed by atoms with Crippen molar-refractivity contribution >= 4 is 0 Å². The molecule has 2 nitrogen and oxygen atoms in total. The molecule has 1 N–H and O–H groups in total. The topological polar surface area (TPSA) is 21.3 Å². The molecular formula is C13H27NO. The van der Waals surface area contributed by atoms with Crippen LogP contribution < -0.4 is 5.32 Å². The highest BCUT2D eigenvalue weighted by Gasteiger charge is 2.01. The first kappa shape index (κ1) is 14.7. The van der Waals surface area contributed by atoms with E-state index in [2.05, 4.69) is 32.7 Å². The van der Waals surface area contributed by atoms with Crippen LogP contribution in [0.15, 0.2) is 12.2 Å². The fraction of sp³-hybridized carbons (Fsp3) is 0.846. The molecule has 0 fully saturated rings. The van der Waals surface area contributed by atoms with E-state index in [9.17, 15) is 0 Å². The first-order chi connectivity index (χ1) is 7.02. The van der Waals surface area contributed by atoms with Crippen molar-refractivity contribution in [3.63, 3.8) is 0 Å². The average Bonchev–Trinajstić information content (AvgIpc) is 2.11. The molecule has 0 saturated heterocycles. The van der Waals surface area contributed by atoms with Crippen molar-refractivity contribution < 1.29 is 4.74 Å². The van der Waals surface area contributed by atoms with Gasteiger partial charge < -0.3 is 10.1 Å². The molecule has 0 bridgehead atoms. The van der Waals surface area contributed by atoms with Crippen LogP contribution in [0.4, 0.5) is 0 Å². The van der Waals surface area contributed by atoms with Gasteiger partial charge in [-0.05, 0) is 39.7 Å². The van der Waals surface area contributed by atoms with Crippen LogP contribution in [0.5, 0.6) is 0 Å². The van der Waals surface area contributed by atoms with Gasteiger partial charge in [0.2, 0.25) is 0 Å². The molecule has 0 saturated carbocycles. The fourth-order valence-electron chi connectivity index (χ4n) is 1.30. The third kappa shape index (κ3) is 11.6. The van der Waals surface area contributed by atoms with Gasteiger partial charge in [-0.25, -0.2) is 0 Å². The van der Waals surface area contributed by atoms with Crippen LogP contribution in [0, 0.1) is 0 Å². The molecule has 0 aliphatic carbocycles. The highest BCUT2D eigenvalue weighted by Crippen LogP contribution is 2.04. The third-order valence-electron chi connectivity index (χ3n) is 2.27. The first-order valence-electron chi connectivity index (χ1n) is 6.01. The zero-order chi connectivity index (χ0) is 11.7. The molecule has 0 aromatic rings. The maximum Gasteiger partial charge on any atom is 0.0547 e. The molecule has 0 radical (unpaired) electrons. The Kier molecular flexibility index (Phi) is 8.73. The molecule has 0 amide bonds. The van der Waals surface area contributed by atoms with Gasteiger partial charge >= 0.3 is 0 Å². The Hall–Kier alpha value is -0.340. The molecule has 0 aromatic heterocycles. The van der Waals surface area contributed by atoms with Gasteiger partial charge in [0.25, 0.3) is 0 Å².